The Morgan fingerprint density at radius 1 is 0.634 bits per heavy atom. The summed E-state index contributed by atoms with van der Waals surface area (Å²) in [6.45, 7) is 2.45. The van der Waals surface area contributed by atoms with Crippen molar-refractivity contribution in [1.82, 2.24) is 0 Å². The first-order valence-corrected chi connectivity index (χ1v) is 13.5. The van der Waals surface area contributed by atoms with Gasteiger partial charge < -0.3 is 18.3 Å². The van der Waals surface area contributed by atoms with Crippen LogP contribution in [0.2, 0.25) is 10.0 Å². The van der Waals surface area contributed by atoms with E-state index in [9.17, 15) is 9.59 Å². The summed E-state index contributed by atoms with van der Waals surface area (Å²) < 4.78 is 22.9. The second kappa shape index (κ2) is 11.2. The van der Waals surface area contributed by atoms with E-state index in [0.717, 1.165) is 27.5 Å². The van der Waals surface area contributed by atoms with E-state index in [1.807, 2.05) is 19.1 Å². The van der Waals surface area contributed by atoms with Gasteiger partial charge in [-0.15, -0.1) is 0 Å². The molecule has 0 radical (unpaired) electrons. The van der Waals surface area contributed by atoms with Gasteiger partial charge in [-0.25, -0.2) is 9.59 Å². The van der Waals surface area contributed by atoms with E-state index < -0.39 is 11.3 Å². The van der Waals surface area contributed by atoms with Gasteiger partial charge in [-0.05, 0) is 90.3 Å². The smallest absolute Gasteiger partial charge is 0.344 e. The lowest BCUT2D eigenvalue weighted by Gasteiger charge is -2.12. The van der Waals surface area contributed by atoms with Crippen LogP contribution in [0.3, 0.4) is 0 Å². The van der Waals surface area contributed by atoms with Crippen LogP contribution >= 0.6 is 23.2 Å². The molecule has 0 atom stereocenters. The van der Waals surface area contributed by atoms with Crippen LogP contribution in [-0.2, 0) is 0 Å². The summed E-state index contributed by atoms with van der Waals surface area (Å²) in [6.07, 6.45) is 0. The lowest BCUT2D eigenvalue weighted by atomic mass is 9.99. The number of aryl methyl sites for hydroxylation is 1. The Kier molecular flexibility index (Phi) is 7.26. The molecule has 0 aliphatic carbocycles. The average molecular weight is 585 g/mol. The van der Waals surface area contributed by atoms with Crippen molar-refractivity contribution in [3.63, 3.8) is 0 Å². The molecule has 0 aliphatic heterocycles. The zero-order chi connectivity index (χ0) is 28.5. The number of halogens is 2. The van der Waals surface area contributed by atoms with Crippen molar-refractivity contribution in [3.05, 3.63) is 127 Å². The van der Waals surface area contributed by atoms with Crippen molar-refractivity contribution in [3.8, 4) is 33.8 Å². The Balaban J connectivity index is 1.17. The molecule has 0 spiro atoms. The van der Waals surface area contributed by atoms with Gasteiger partial charge in [0.05, 0.1) is 11.1 Å². The molecule has 0 bridgehead atoms. The Morgan fingerprint density at radius 2 is 1.20 bits per heavy atom. The third kappa shape index (κ3) is 5.57. The van der Waals surface area contributed by atoms with E-state index >= 15 is 0 Å². The zero-order valence-electron chi connectivity index (χ0n) is 21.8. The monoisotopic (exact) mass is 584 g/mol. The predicted octanol–water partition coefficient (Wildman–Crippen LogP) is 8.31. The van der Waals surface area contributed by atoms with Gasteiger partial charge in [0, 0.05) is 20.8 Å². The van der Waals surface area contributed by atoms with Crippen molar-refractivity contribution < 1.29 is 18.3 Å². The van der Waals surface area contributed by atoms with E-state index in [2.05, 4.69) is 0 Å². The van der Waals surface area contributed by atoms with Gasteiger partial charge in [0.15, 0.2) is 0 Å². The van der Waals surface area contributed by atoms with Gasteiger partial charge in [-0.3, -0.25) is 0 Å². The summed E-state index contributed by atoms with van der Waals surface area (Å²) in [5.74, 6) is 1.23. The lowest BCUT2D eigenvalue weighted by molar-refractivity contribution is 0.217. The van der Waals surface area contributed by atoms with E-state index in [1.165, 1.54) is 0 Å². The van der Waals surface area contributed by atoms with Crippen molar-refractivity contribution in [2.24, 2.45) is 0 Å². The standard InChI is InChI=1S/C33H22Cl2O6/c1-19-27-18-26(11-13-30(27)41-33(37)31(19)21-4-8-24(35)9-5-21)39-15-14-38-25-10-12-29-22(16-25)17-28(32(36)40-29)20-2-6-23(34)7-3-20/h2-13,16-18H,14-15H2,1H3. The van der Waals surface area contributed by atoms with Crippen LogP contribution in [0.5, 0.6) is 11.5 Å². The predicted molar refractivity (Wildman–Crippen MR) is 162 cm³/mol. The third-order valence-electron chi connectivity index (χ3n) is 6.75. The van der Waals surface area contributed by atoms with Crippen molar-refractivity contribution in [2.45, 2.75) is 6.92 Å². The quantitative estimate of drug-likeness (QED) is 0.139. The normalized spacial score (nSPS) is 11.2. The number of ether oxygens (including phenoxy) is 2. The van der Waals surface area contributed by atoms with Gasteiger partial charge in [0.25, 0.3) is 0 Å². The van der Waals surface area contributed by atoms with Gasteiger partial charge in [-0.2, -0.15) is 0 Å². The molecule has 6 rings (SSSR count). The van der Waals surface area contributed by atoms with Crippen LogP contribution in [0, 0.1) is 6.92 Å². The van der Waals surface area contributed by atoms with Crippen molar-refractivity contribution in [1.29, 1.82) is 0 Å². The number of benzene rings is 4. The van der Waals surface area contributed by atoms with Crippen molar-refractivity contribution >= 4 is 45.1 Å². The van der Waals surface area contributed by atoms with Crippen LogP contribution in [-0.4, -0.2) is 13.2 Å². The largest absolute Gasteiger partial charge is 0.490 e. The molecule has 0 unspecified atom stereocenters. The number of fused-ring (bicyclic) bond motifs is 2. The fourth-order valence-corrected chi connectivity index (χ4v) is 4.96. The van der Waals surface area contributed by atoms with Crippen LogP contribution in [0.25, 0.3) is 44.2 Å². The highest BCUT2D eigenvalue weighted by Crippen LogP contribution is 2.30. The second-order valence-electron chi connectivity index (χ2n) is 9.41. The van der Waals surface area contributed by atoms with E-state index in [-0.39, 0.29) is 13.2 Å². The molecular weight excluding hydrogens is 563 g/mol. The molecule has 6 nitrogen and oxygen atoms in total. The molecule has 6 aromatic rings. The molecule has 8 heteroatoms. The van der Waals surface area contributed by atoms with Crippen LogP contribution in [0.4, 0.5) is 0 Å². The Bertz CT molecular complexity index is 2010. The molecule has 0 saturated carbocycles. The van der Waals surface area contributed by atoms with Crippen LogP contribution in [0.15, 0.2) is 109 Å². The maximum Gasteiger partial charge on any atom is 0.344 e. The molecule has 0 saturated heterocycles. The summed E-state index contributed by atoms with van der Waals surface area (Å²) in [6, 6.07) is 26.4. The first kappa shape index (κ1) is 26.7. The maximum absolute atomic E-state index is 12.7. The summed E-state index contributed by atoms with van der Waals surface area (Å²) in [5.41, 5.74) is 3.29. The maximum atomic E-state index is 12.7. The summed E-state index contributed by atoms with van der Waals surface area (Å²) in [4.78, 5) is 25.2. The minimum atomic E-state index is -0.424. The molecule has 4 aromatic carbocycles. The lowest BCUT2D eigenvalue weighted by Crippen LogP contribution is -2.09. The Labute approximate surface area is 244 Å². The van der Waals surface area contributed by atoms with E-state index in [1.54, 1.807) is 78.9 Å². The topological polar surface area (TPSA) is 78.9 Å². The van der Waals surface area contributed by atoms with Gasteiger partial charge in [0.2, 0.25) is 0 Å². The highest BCUT2D eigenvalue weighted by atomic mass is 35.5. The van der Waals surface area contributed by atoms with E-state index in [0.29, 0.717) is 43.8 Å². The number of hydrogen-bond acceptors (Lipinski definition) is 6. The fourth-order valence-electron chi connectivity index (χ4n) is 4.71. The van der Waals surface area contributed by atoms with Crippen LogP contribution in [0.1, 0.15) is 5.56 Å². The number of rotatable bonds is 7. The second-order valence-corrected chi connectivity index (χ2v) is 10.3. The minimum absolute atomic E-state index is 0.281. The molecule has 0 fully saturated rings. The van der Waals surface area contributed by atoms with Gasteiger partial charge in [-0.1, -0.05) is 47.5 Å². The van der Waals surface area contributed by atoms with Gasteiger partial charge in [0.1, 0.15) is 35.9 Å². The molecule has 2 aromatic heterocycles. The third-order valence-corrected chi connectivity index (χ3v) is 7.25. The summed E-state index contributed by atoms with van der Waals surface area (Å²) in [7, 11) is 0. The molecule has 0 N–H and O–H groups in total. The molecular formula is C33H22Cl2O6. The molecule has 2 heterocycles. The number of hydrogen-bond donors (Lipinski definition) is 0. The molecule has 204 valence electrons. The molecule has 0 aliphatic rings. The average Bonchev–Trinajstić information content (AvgIpc) is 2.97. The summed E-state index contributed by atoms with van der Waals surface area (Å²) in [5, 5.41) is 2.69. The first-order chi connectivity index (χ1) is 19.9. The highest BCUT2D eigenvalue weighted by molar-refractivity contribution is 6.30. The molecule has 41 heavy (non-hydrogen) atoms. The first-order valence-electron chi connectivity index (χ1n) is 12.8. The highest BCUT2D eigenvalue weighted by Gasteiger charge is 2.14. The Morgan fingerprint density at radius 3 is 1.85 bits per heavy atom. The zero-order valence-corrected chi connectivity index (χ0v) is 23.3. The van der Waals surface area contributed by atoms with Gasteiger partial charge >= 0.3 is 11.3 Å². The van der Waals surface area contributed by atoms with Crippen LogP contribution < -0.4 is 20.7 Å². The SMILES string of the molecule is Cc1c(-c2ccc(Cl)cc2)c(=O)oc2ccc(OCCOc3ccc4oc(=O)c(-c5ccc(Cl)cc5)cc4c3)cc12. The van der Waals surface area contributed by atoms with Crippen molar-refractivity contribution in [2.75, 3.05) is 13.2 Å². The Hall–Kier alpha value is -4.52. The minimum Gasteiger partial charge on any atom is -0.490 e. The molecule has 0 amide bonds. The fraction of sp³-hybridized carbons (Fsp3) is 0.0909. The van der Waals surface area contributed by atoms with E-state index in [4.69, 9.17) is 41.5 Å². The summed E-state index contributed by atoms with van der Waals surface area (Å²) >= 11 is 12.0.